The Morgan fingerprint density at radius 2 is 1.11 bits per heavy atom. The van der Waals surface area contributed by atoms with Gasteiger partial charge in [0, 0.05) is 75.9 Å². The summed E-state index contributed by atoms with van der Waals surface area (Å²) in [6.45, 7) is -0.801. The molecule has 3 aromatic carbocycles. The van der Waals surface area contributed by atoms with E-state index in [1.54, 1.807) is 56.6 Å². The number of aromatic hydroxyl groups is 1. The second-order valence-corrected chi connectivity index (χ2v) is 15.6. The second kappa shape index (κ2) is 15.9. The Bertz CT molecular complexity index is 3530. The normalized spacial score (nSPS) is 15.3. The third-order valence-corrected chi connectivity index (χ3v) is 12.3. The third kappa shape index (κ3) is 6.53. The molecule has 0 amide bonds. The molecule has 1 N–H and O–H groups in total. The molecule has 0 fully saturated rings. The highest BCUT2D eigenvalue weighted by molar-refractivity contribution is 5.80. The van der Waals surface area contributed by atoms with Crippen LogP contribution in [0.25, 0.3) is 22.1 Å². The maximum atomic E-state index is 14.5. The number of aromatic nitrogens is 10. The SMILES string of the molecule is COc1ccc([C@H]2C3=CCn4c(=O)n(CCc5nc6cc(OC)c(OC)cc6n(C)c5=O)c(=O)n4[C@@H]3Cn3c(=O)n(CCc4nc5cc(OC)c(OC)cc5n(C)c4=O)c(=O)n32)c(O)c1. The number of fused-ring (bicyclic) bond motifs is 6. The molecule has 0 bridgehead atoms. The molecule has 0 saturated carbocycles. The molecule has 6 heterocycles. The van der Waals surface area contributed by atoms with Gasteiger partial charge in [-0.1, -0.05) is 6.08 Å². The maximum absolute atomic E-state index is 14.5. The van der Waals surface area contributed by atoms with E-state index in [1.807, 2.05) is 0 Å². The number of allylic oxidation sites excluding steroid dienone is 2. The van der Waals surface area contributed by atoms with Crippen molar-refractivity contribution in [3.05, 3.63) is 134 Å². The van der Waals surface area contributed by atoms with Crippen molar-refractivity contribution in [1.29, 1.82) is 0 Å². The molecule has 7 aromatic rings. The smallest absolute Gasteiger partial charge is 0.348 e. The van der Waals surface area contributed by atoms with Gasteiger partial charge in [-0.15, -0.1) is 0 Å². The number of methoxy groups -OCH3 is 5. The van der Waals surface area contributed by atoms with Crippen LogP contribution in [0.3, 0.4) is 0 Å². The molecule has 2 aliphatic heterocycles. The fourth-order valence-corrected chi connectivity index (χ4v) is 8.98. The summed E-state index contributed by atoms with van der Waals surface area (Å²) in [6, 6.07) is 8.94. The van der Waals surface area contributed by atoms with Crippen LogP contribution in [-0.2, 0) is 53.1 Å². The molecule has 0 radical (unpaired) electrons. The largest absolute Gasteiger partial charge is 0.507 e. The van der Waals surface area contributed by atoms with Crippen LogP contribution in [0.5, 0.6) is 34.5 Å². The van der Waals surface area contributed by atoms with E-state index in [4.69, 9.17) is 23.7 Å². The van der Waals surface area contributed by atoms with Gasteiger partial charge >= 0.3 is 22.8 Å². The van der Waals surface area contributed by atoms with Crippen molar-refractivity contribution < 1.29 is 28.8 Å². The number of phenols is 1. The molecule has 22 heteroatoms. The first kappa shape index (κ1) is 42.3. The minimum atomic E-state index is -1.13. The molecule has 9 rings (SSSR count). The van der Waals surface area contributed by atoms with Crippen LogP contribution in [0, 0.1) is 0 Å². The van der Waals surface area contributed by atoms with E-state index in [0.29, 0.717) is 56.4 Å². The summed E-state index contributed by atoms with van der Waals surface area (Å²) in [4.78, 5) is 93.7. The van der Waals surface area contributed by atoms with Crippen molar-refractivity contribution in [3.8, 4) is 34.5 Å². The van der Waals surface area contributed by atoms with Crippen molar-refractivity contribution in [2.24, 2.45) is 14.1 Å². The maximum Gasteiger partial charge on any atom is 0.348 e. The number of phenolic OH excluding ortho intramolecular Hbond substituents is 1. The number of rotatable bonds is 12. The molecule has 65 heavy (non-hydrogen) atoms. The Kier molecular flexibility index (Phi) is 10.4. The second-order valence-electron chi connectivity index (χ2n) is 15.6. The van der Waals surface area contributed by atoms with E-state index in [2.05, 4.69) is 9.97 Å². The van der Waals surface area contributed by atoms with Gasteiger partial charge in [0.2, 0.25) is 0 Å². The summed E-state index contributed by atoms with van der Waals surface area (Å²) < 4.78 is 36.7. The van der Waals surface area contributed by atoms with Crippen molar-refractivity contribution in [3.63, 3.8) is 0 Å². The Morgan fingerprint density at radius 3 is 1.60 bits per heavy atom. The van der Waals surface area contributed by atoms with Crippen LogP contribution in [0.1, 0.15) is 29.0 Å². The zero-order chi connectivity index (χ0) is 46.2. The topological polar surface area (TPSA) is 234 Å². The number of benzene rings is 3. The van der Waals surface area contributed by atoms with E-state index in [9.17, 15) is 33.9 Å². The Hall–Kier alpha value is -8.04. The summed E-state index contributed by atoms with van der Waals surface area (Å²) in [6.07, 6.45) is 1.51. The van der Waals surface area contributed by atoms with Crippen LogP contribution in [0.4, 0.5) is 0 Å². The van der Waals surface area contributed by atoms with Gasteiger partial charge in [-0.05, 0) is 17.7 Å². The van der Waals surface area contributed by atoms with Crippen LogP contribution < -0.4 is 57.6 Å². The molecule has 0 unspecified atom stereocenters. The highest BCUT2D eigenvalue weighted by Crippen LogP contribution is 2.42. The zero-order valence-corrected chi connectivity index (χ0v) is 36.4. The van der Waals surface area contributed by atoms with Crippen molar-refractivity contribution in [1.82, 2.24) is 47.0 Å². The van der Waals surface area contributed by atoms with Crippen LogP contribution in [0.15, 0.2) is 82.9 Å². The minimum absolute atomic E-state index is 0.0812. The average Bonchev–Trinajstić information content (AvgIpc) is 3.70. The molecular formula is C43H44N10O12. The van der Waals surface area contributed by atoms with Crippen LogP contribution >= 0.6 is 0 Å². The van der Waals surface area contributed by atoms with Gasteiger partial charge in [-0.3, -0.25) is 9.59 Å². The lowest BCUT2D eigenvalue weighted by atomic mass is 9.89. The molecule has 2 aliphatic rings. The van der Waals surface area contributed by atoms with Gasteiger partial charge in [-0.2, -0.15) is 0 Å². The number of ether oxygens (including phenoxy) is 5. The molecular weight excluding hydrogens is 849 g/mol. The quantitative estimate of drug-likeness (QED) is 0.164. The predicted molar refractivity (Wildman–Crippen MR) is 233 cm³/mol. The molecule has 338 valence electrons. The lowest BCUT2D eigenvalue weighted by Crippen LogP contribution is -2.47. The number of aryl methyl sites for hydroxylation is 4. The van der Waals surface area contributed by atoms with Gasteiger partial charge in [0.25, 0.3) is 11.1 Å². The predicted octanol–water partition coefficient (Wildman–Crippen LogP) is 0.449. The van der Waals surface area contributed by atoms with Crippen LogP contribution in [-0.4, -0.2) is 87.6 Å². The molecule has 4 aromatic heterocycles. The van der Waals surface area contributed by atoms with E-state index in [0.717, 1.165) is 9.13 Å². The Balaban J connectivity index is 1.10. The summed E-state index contributed by atoms with van der Waals surface area (Å²) in [7, 11) is 10.5. The first-order valence-corrected chi connectivity index (χ1v) is 20.4. The fraction of sp³-hybridized carbons (Fsp3) is 0.349. The molecule has 2 atom stereocenters. The van der Waals surface area contributed by atoms with Gasteiger partial charge < -0.3 is 37.9 Å². The molecule has 0 spiro atoms. The summed E-state index contributed by atoms with van der Waals surface area (Å²) in [5.74, 6) is 1.69. The first-order valence-electron chi connectivity index (χ1n) is 20.4. The van der Waals surface area contributed by atoms with E-state index in [-0.39, 0.29) is 61.7 Å². The minimum Gasteiger partial charge on any atom is -0.507 e. The highest BCUT2D eigenvalue weighted by Gasteiger charge is 2.42. The Labute approximate surface area is 366 Å². The lowest BCUT2D eigenvalue weighted by Gasteiger charge is -2.37. The third-order valence-electron chi connectivity index (χ3n) is 12.3. The van der Waals surface area contributed by atoms with E-state index < -0.39 is 46.0 Å². The van der Waals surface area contributed by atoms with Crippen molar-refractivity contribution in [2.45, 2.75) is 51.1 Å². The number of hydrogen-bond donors (Lipinski definition) is 1. The lowest BCUT2D eigenvalue weighted by molar-refractivity contribution is 0.243. The summed E-state index contributed by atoms with van der Waals surface area (Å²) in [5.41, 5.74) is -1.05. The van der Waals surface area contributed by atoms with E-state index >= 15 is 0 Å². The number of hydrogen-bond acceptors (Lipinski definition) is 14. The monoisotopic (exact) mass is 892 g/mol. The Morgan fingerprint density at radius 1 is 0.615 bits per heavy atom. The standard InChI is InChI=1S/C43H44N10O12/c1-46-29-19-35(64-6)33(62-4)17-27(29)44-25(38(46)55)11-13-48-40(57)50-15-10-23-31(52(50)42(48)59)21-51-41(58)49(43(60)53(51)37(23)24-9-8-22(61-3)16-32(24)54)14-12-26-39(56)47(2)30-20-36(65-7)34(63-5)18-28(30)45-26/h8-10,16-20,31,37,54H,11-15,21H2,1-7H3/t31-,37-/m1/s1. The average molecular weight is 893 g/mol. The summed E-state index contributed by atoms with van der Waals surface area (Å²) >= 11 is 0. The van der Waals surface area contributed by atoms with Gasteiger partial charge in [0.1, 0.15) is 28.9 Å². The first-order chi connectivity index (χ1) is 31.2. The molecule has 22 nitrogen and oxygen atoms in total. The summed E-state index contributed by atoms with van der Waals surface area (Å²) in [5, 5.41) is 11.4. The van der Waals surface area contributed by atoms with E-state index in [1.165, 1.54) is 69.5 Å². The van der Waals surface area contributed by atoms with Gasteiger partial charge in [0.15, 0.2) is 23.0 Å². The molecule has 0 saturated heterocycles. The highest BCUT2D eigenvalue weighted by atomic mass is 16.5. The number of nitrogens with zero attached hydrogens (tertiary/aromatic N) is 10. The van der Waals surface area contributed by atoms with Crippen molar-refractivity contribution in [2.75, 3.05) is 35.5 Å². The molecule has 0 aliphatic carbocycles. The van der Waals surface area contributed by atoms with Crippen LogP contribution in [0.2, 0.25) is 0 Å². The fourth-order valence-electron chi connectivity index (χ4n) is 8.98. The van der Waals surface area contributed by atoms with Crippen molar-refractivity contribution >= 4 is 22.1 Å². The van der Waals surface area contributed by atoms with Gasteiger partial charge in [0.05, 0.1) is 76.7 Å². The van der Waals surface area contributed by atoms with Gasteiger partial charge in [-0.25, -0.2) is 57.0 Å². The zero-order valence-electron chi connectivity index (χ0n) is 36.4.